The summed E-state index contributed by atoms with van der Waals surface area (Å²) in [6, 6.07) is 16.2. The molecule has 2 N–H and O–H groups in total. The number of amides is 2. The highest BCUT2D eigenvalue weighted by Crippen LogP contribution is 2.16. The molecule has 0 spiro atoms. The lowest BCUT2D eigenvalue weighted by Gasteiger charge is -2.20. The Hall–Kier alpha value is -5.00. The van der Waals surface area contributed by atoms with Crippen LogP contribution < -0.4 is 20.1 Å². The van der Waals surface area contributed by atoms with E-state index in [0.717, 1.165) is 25.0 Å². The molecule has 1 unspecified atom stereocenters. The zero-order valence-electron chi connectivity index (χ0n) is 26.1. The second kappa shape index (κ2) is 23.4. The van der Waals surface area contributed by atoms with Crippen molar-refractivity contribution in [1.29, 1.82) is 0 Å². The van der Waals surface area contributed by atoms with Crippen LogP contribution in [0, 0.1) is 0 Å². The number of ether oxygens (including phenoxy) is 6. The van der Waals surface area contributed by atoms with E-state index in [1.54, 1.807) is 36.4 Å². The molecular weight excluding hydrogens is 596 g/mol. The van der Waals surface area contributed by atoms with Gasteiger partial charge in [-0.15, -0.1) is 0 Å². The molecular formula is C34H44N2O10. The molecule has 46 heavy (non-hydrogen) atoms. The van der Waals surface area contributed by atoms with Crippen LogP contribution in [0.15, 0.2) is 79.9 Å². The fourth-order valence-electron chi connectivity index (χ4n) is 3.78. The molecule has 0 aliphatic rings. The lowest BCUT2D eigenvalue weighted by Crippen LogP contribution is -2.36. The third-order valence-electron chi connectivity index (χ3n) is 6.16. The molecule has 1 atom stereocenters. The first kappa shape index (κ1) is 37.2. The predicted molar refractivity (Wildman–Crippen MR) is 170 cm³/mol. The van der Waals surface area contributed by atoms with E-state index in [9.17, 15) is 19.2 Å². The SMILES string of the molecule is C=CC(=O)OCCCCCNC(=O)OCc1cccc(OCC(COc2ccccc2)OC(=O)NCCCCCOC(=O)C=C)c1. The molecule has 0 aliphatic carbocycles. The highest BCUT2D eigenvalue weighted by atomic mass is 16.6. The maximum atomic E-state index is 12.5. The summed E-state index contributed by atoms with van der Waals surface area (Å²) >= 11 is 0. The molecule has 12 heteroatoms. The van der Waals surface area contributed by atoms with Crippen molar-refractivity contribution in [3.63, 3.8) is 0 Å². The van der Waals surface area contributed by atoms with E-state index in [4.69, 9.17) is 28.4 Å². The van der Waals surface area contributed by atoms with Crippen LogP contribution in [0.2, 0.25) is 0 Å². The van der Waals surface area contributed by atoms with Gasteiger partial charge in [0.25, 0.3) is 0 Å². The van der Waals surface area contributed by atoms with Gasteiger partial charge >= 0.3 is 24.1 Å². The first-order valence-electron chi connectivity index (χ1n) is 15.2. The Morgan fingerprint density at radius 1 is 0.652 bits per heavy atom. The second-order valence-corrected chi connectivity index (χ2v) is 9.90. The first-order valence-corrected chi connectivity index (χ1v) is 15.2. The quantitative estimate of drug-likeness (QED) is 0.0713. The second-order valence-electron chi connectivity index (χ2n) is 9.90. The number of carbonyl (C=O) groups is 4. The summed E-state index contributed by atoms with van der Waals surface area (Å²) in [7, 11) is 0. The largest absolute Gasteiger partial charge is 0.490 e. The van der Waals surface area contributed by atoms with Crippen LogP contribution in [0.1, 0.15) is 44.1 Å². The average molecular weight is 641 g/mol. The van der Waals surface area contributed by atoms with Crippen LogP contribution in [0.5, 0.6) is 11.5 Å². The summed E-state index contributed by atoms with van der Waals surface area (Å²) in [6.45, 7) is 8.25. The zero-order chi connectivity index (χ0) is 33.2. The molecule has 0 bridgehead atoms. The van der Waals surface area contributed by atoms with E-state index in [2.05, 4.69) is 23.8 Å². The van der Waals surface area contributed by atoms with E-state index >= 15 is 0 Å². The Morgan fingerprint density at radius 2 is 1.22 bits per heavy atom. The van der Waals surface area contributed by atoms with Crippen LogP contribution in [0.4, 0.5) is 9.59 Å². The molecule has 2 amide bonds. The summed E-state index contributed by atoms with van der Waals surface area (Å²) in [6.07, 6.45) is 4.67. The van der Waals surface area contributed by atoms with Gasteiger partial charge in [0, 0.05) is 25.2 Å². The van der Waals surface area contributed by atoms with Gasteiger partial charge in [0.1, 0.15) is 31.3 Å². The van der Waals surface area contributed by atoms with Crippen LogP contribution >= 0.6 is 0 Å². The monoisotopic (exact) mass is 640 g/mol. The summed E-state index contributed by atoms with van der Waals surface area (Å²) in [5.74, 6) is 0.224. The number of hydrogen-bond acceptors (Lipinski definition) is 10. The molecule has 0 aromatic heterocycles. The van der Waals surface area contributed by atoms with Crippen molar-refractivity contribution >= 4 is 24.1 Å². The van der Waals surface area contributed by atoms with Crippen molar-refractivity contribution < 1.29 is 47.6 Å². The fraction of sp³-hybridized carbons (Fsp3) is 0.412. The Balaban J connectivity index is 1.75. The van der Waals surface area contributed by atoms with Crippen LogP contribution in [0.25, 0.3) is 0 Å². The van der Waals surface area contributed by atoms with E-state index in [1.165, 1.54) is 0 Å². The minimum absolute atomic E-state index is 0.0203. The molecule has 0 saturated carbocycles. The van der Waals surface area contributed by atoms with Crippen molar-refractivity contribution in [2.75, 3.05) is 39.5 Å². The van der Waals surface area contributed by atoms with Crippen molar-refractivity contribution in [2.45, 2.75) is 51.2 Å². The van der Waals surface area contributed by atoms with E-state index in [0.29, 0.717) is 69.0 Å². The van der Waals surface area contributed by atoms with E-state index in [-0.39, 0.29) is 19.8 Å². The number of esters is 2. The maximum absolute atomic E-state index is 12.5. The molecule has 2 aromatic rings. The first-order chi connectivity index (χ1) is 22.4. The van der Waals surface area contributed by atoms with Gasteiger partial charge in [0.2, 0.25) is 0 Å². The van der Waals surface area contributed by atoms with Crippen molar-refractivity contribution in [1.82, 2.24) is 10.6 Å². The number of rotatable bonds is 23. The third kappa shape index (κ3) is 18.0. The molecule has 0 fully saturated rings. The molecule has 12 nitrogen and oxygen atoms in total. The number of carbonyl (C=O) groups excluding carboxylic acids is 4. The number of nitrogens with one attached hydrogen (secondary N) is 2. The Kier molecular flexibility index (Phi) is 18.9. The minimum atomic E-state index is -0.724. The number of unbranched alkanes of at least 4 members (excludes halogenated alkanes) is 4. The van der Waals surface area contributed by atoms with Gasteiger partial charge in [-0.1, -0.05) is 43.5 Å². The molecule has 0 heterocycles. The summed E-state index contributed by atoms with van der Waals surface area (Å²) in [4.78, 5) is 46.6. The predicted octanol–water partition coefficient (Wildman–Crippen LogP) is 5.26. The van der Waals surface area contributed by atoms with Crippen molar-refractivity contribution in [3.05, 3.63) is 85.5 Å². The minimum Gasteiger partial charge on any atom is -0.490 e. The molecule has 250 valence electrons. The number of alkyl carbamates (subject to hydrolysis) is 2. The number of para-hydroxylation sites is 1. The topological polar surface area (TPSA) is 148 Å². The Bertz CT molecular complexity index is 1220. The summed E-state index contributed by atoms with van der Waals surface area (Å²) < 4.78 is 32.4. The van der Waals surface area contributed by atoms with Gasteiger partial charge < -0.3 is 39.1 Å². The molecule has 0 radical (unpaired) electrons. The maximum Gasteiger partial charge on any atom is 0.407 e. The highest BCUT2D eigenvalue weighted by molar-refractivity contribution is 5.81. The van der Waals surface area contributed by atoms with Gasteiger partial charge in [-0.3, -0.25) is 0 Å². The fourth-order valence-corrected chi connectivity index (χ4v) is 3.78. The van der Waals surface area contributed by atoms with Crippen LogP contribution in [-0.4, -0.2) is 69.7 Å². The van der Waals surface area contributed by atoms with Crippen molar-refractivity contribution in [3.8, 4) is 11.5 Å². The van der Waals surface area contributed by atoms with Gasteiger partial charge in [0.05, 0.1) is 13.2 Å². The summed E-state index contributed by atoms with van der Waals surface area (Å²) in [5, 5.41) is 5.41. The lowest BCUT2D eigenvalue weighted by molar-refractivity contribution is -0.138. The van der Waals surface area contributed by atoms with Crippen molar-refractivity contribution in [2.24, 2.45) is 0 Å². The van der Waals surface area contributed by atoms with Gasteiger partial charge in [-0.2, -0.15) is 0 Å². The highest BCUT2D eigenvalue weighted by Gasteiger charge is 2.17. The van der Waals surface area contributed by atoms with Crippen LogP contribution in [0.3, 0.4) is 0 Å². The Labute approximate surface area is 270 Å². The average Bonchev–Trinajstić information content (AvgIpc) is 3.07. The normalized spacial score (nSPS) is 10.9. The van der Waals surface area contributed by atoms with Gasteiger partial charge in [-0.05, 0) is 68.4 Å². The van der Waals surface area contributed by atoms with Gasteiger partial charge in [-0.25, -0.2) is 19.2 Å². The third-order valence-corrected chi connectivity index (χ3v) is 6.16. The van der Waals surface area contributed by atoms with Gasteiger partial charge in [0.15, 0.2) is 6.10 Å². The zero-order valence-corrected chi connectivity index (χ0v) is 26.1. The molecule has 0 aliphatic heterocycles. The van der Waals surface area contributed by atoms with E-state index < -0.39 is 30.2 Å². The summed E-state index contributed by atoms with van der Waals surface area (Å²) in [5.41, 5.74) is 0.715. The molecule has 2 aromatic carbocycles. The standard InChI is InChI=1S/C34H44N2O10/c1-3-31(37)41-21-12-6-10-19-35-33(39)45-24-27-15-14-18-29(23-27)44-26-30(25-43-28-16-8-5-9-17-28)46-34(40)36-20-11-7-13-22-42-32(38)4-2/h3-5,8-9,14-18,23,30H,1-2,6-7,10-13,19-22,24-26H2,(H,35,39)(H,36,40). The van der Waals surface area contributed by atoms with Crippen LogP contribution in [-0.2, 0) is 35.1 Å². The Morgan fingerprint density at radius 3 is 1.83 bits per heavy atom. The molecule has 2 rings (SSSR count). The number of hydrogen-bond donors (Lipinski definition) is 2. The molecule has 0 saturated heterocycles. The lowest BCUT2D eigenvalue weighted by atomic mass is 10.2. The number of benzene rings is 2. The van der Waals surface area contributed by atoms with E-state index in [1.807, 2.05) is 18.2 Å². The smallest absolute Gasteiger partial charge is 0.407 e.